The third kappa shape index (κ3) is 3.20. The molecule has 0 saturated carbocycles. The normalized spacial score (nSPS) is 14.2. The van der Waals surface area contributed by atoms with E-state index in [9.17, 15) is 9.59 Å². The number of aromatic nitrogens is 6. The molecule has 30 heavy (non-hydrogen) atoms. The predicted molar refractivity (Wildman–Crippen MR) is 111 cm³/mol. The number of anilines is 2. The highest BCUT2D eigenvalue weighted by Crippen LogP contribution is 2.25. The van der Waals surface area contributed by atoms with Crippen LogP contribution in [0.15, 0.2) is 47.5 Å². The Balaban J connectivity index is 1.42. The molecular formula is C19H19N9O2. The van der Waals surface area contributed by atoms with E-state index in [2.05, 4.69) is 40.7 Å². The Kier molecular flexibility index (Phi) is 4.48. The second-order valence-electron chi connectivity index (χ2n) is 6.85. The van der Waals surface area contributed by atoms with Crippen molar-refractivity contribution in [1.82, 2.24) is 35.0 Å². The summed E-state index contributed by atoms with van der Waals surface area (Å²) >= 11 is 0. The molecule has 1 saturated heterocycles. The van der Waals surface area contributed by atoms with E-state index in [4.69, 9.17) is 0 Å². The van der Waals surface area contributed by atoms with E-state index < -0.39 is 5.91 Å². The van der Waals surface area contributed by atoms with Crippen LogP contribution in [0.5, 0.6) is 0 Å². The molecule has 11 nitrogen and oxygen atoms in total. The molecule has 1 aliphatic heterocycles. The van der Waals surface area contributed by atoms with Crippen molar-refractivity contribution in [3.63, 3.8) is 0 Å². The van der Waals surface area contributed by atoms with Gasteiger partial charge in [0.1, 0.15) is 0 Å². The van der Waals surface area contributed by atoms with Crippen molar-refractivity contribution in [3.05, 3.63) is 59.0 Å². The second kappa shape index (κ2) is 7.44. The summed E-state index contributed by atoms with van der Waals surface area (Å²) in [6, 6.07) is 9.07. The van der Waals surface area contributed by atoms with Crippen LogP contribution in [-0.2, 0) is 0 Å². The van der Waals surface area contributed by atoms with Gasteiger partial charge >= 0.3 is 5.69 Å². The fourth-order valence-electron chi connectivity index (χ4n) is 3.55. The summed E-state index contributed by atoms with van der Waals surface area (Å²) in [6.07, 6.45) is 3.31. The van der Waals surface area contributed by atoms with Crippen molar-refractivity contribution >= 4 is 28.3 Å². The first-order valence-corrected chi connectivity index (χ1v) is 9.54. The number of carbonyl (C=O) groups excluding carboxylic acids is 1. The number of nitrogens with one attached hydrogen (secondary N) is 4. The third-order valence-corrected chi connectivity index (χ3v) is 4.98. The van der Waals surface area contributed by atoms with Crippen molar-refractivity contribution in [2.45, 2.75) is 0 Å². The van der Waals surface area contributed by atoms with Crippen LogP contribution >= 0.6 is 0 Å². The van der Waals surface area contributed by atoms with Crippen LogP contribution < -0.4 is 21.2 Å². The zero-order valence-electron chi connectivity index (χ0n) is 15.9. The number of carbonyl (C=O) groups is 1. The third-order valence-electron chi connectivity index (χ3n) is 4.98. The number of amides is 1. The van der Waals surface area contributed by atoms with Gasteiger partial charge in [0.25, 0.3) is 11.9 Å². The van der Waals surface area contributed by atoms with Crippen molar-refractivity contribution in [1.29, 1.82) is 0 Å². The largest absolute Gasteiger partial charge is 0.367 e. The molecule has 4 aromatic rings. The van der Waals surface area contributed by atoms with Gasteiger partial charge in [0, 0.05) is 32.4 Å². The molecule has 1 aromatic carbocycles. The average Bonchev–Trinajstić information content (AvgIpc) is 3.38. The molecule has 1 fully saturated rings. The predicted octanol–water partition coefficient (Wildman–Crippen LogP) is 0.494. The Morgan fingerprint density at radius 1 is 1.13 bits per heavy atom. The minimum Gasteiger partial charge on any atom is -0.367 e. The first-order valence-electron chi connectivity index (χ1n) is 9.54. The highest BCUT2D eigenvalue weighted by atomic mass is 16.2. The van der Waals surface area contributed by atoms with Gasteiger partial charge in [-0.1, -0.05) is 12.1 Å². The van der Waals surface area contributed by atoms with Crippen molar-refractivity contribution in [3.8, 4) is 5.95 Å². The molecule has 0 unspecified atom stereocenters. The van der Waals surface area contributed by atoms with Gasteiger partial charge in [-0.2, -0.15) is 4.98 Å². The Morgan fingerprint density at radius 2 is 1.97 bits per heavy atom. The zero-order valence-corrected chi connectivity index (χ0v) is 15.9. The van der Waals surface area contributed by atoms with E-state index in [1.54, 1.807) is 24.5 Å². The summed E-state index contributed by atoms with van der Waals surface area (Å²) in [6.45, 7) is 3.42. The van der Waals surface area contributed by atoms with Gasteiger partial charge in [0.05, 0.1) is 28.6 Å². The van der Waals surface area contributed by atoms with Gasteiger partial charge in [-0.15, -0.1) is 5.10 Å². The molecule has 0 bridgehead atoms. The van der Waals surface area contributed by atoms with Gasteiger partial charge in [0.15, 0.2) is 0 Å². The number of nitrogens with zero attached hydrogens (tertiary/aromatic N) is 5. The van der Waals surface area contributed by atoms with E-state index in [0.717, 1.165) is 31.9 Å². The van der Waals surface area contributed by atoms with Gasteiger partial charge in [-0.3, -0.25) is 14.9 Å². The van der Waals surface area contributed by atoms with Gasteiger partial charge in [0.2, 0.25) is 5.82 Å². The van der Waals surface area contributed by atoms with Gasteiger partial charge in [-0.05, 0) is 18.2 Å². The average molecular weight is 405 g/mol. The number of pyridine rings is 1. The number of H-pyrrole nitrogens is 2. The Hall–Kier alpha value is -3.99. The molecule has 0 atom stereocenters. The Labute approximate surface area is 170 Å². The maximum absolute atomic E-state index is 12.8. The number of benzene rings is 1. The number of hydrogen-bond donors (Lipinski definition) is 4. The topological polar surface area (TPSA) is 137 Å². The highest BCUT2D eigenvalue weighted by molar-refractivity contribution is 6.03. The molecule has 11 heteroatoms. The van der Waals surface area contributed by atoms with Gasteiger partial charge < -0.3 is 20.5 Å². The number of rotatable bonds is 4. The summed E-state index contributed by atoms with van der Waals surface area (Å²) < 4.78 is 1.32. The maximum atomic E-state index is 12.8. The SMILES string of the molecule is O=C(Nc1cnccc1N1CCNCC1)c1nc(-n2c(=O)[nH]c3ccccc32)n[nH]1. The van der Waals surface area contributed by atoms with Crippen LogP contribution in [0.25, 0.3) is 17.0 Å². The standard InChI is InChI=1S/C19H19N9O2/c29-17(22-13-11-21-6-5-14(13)27-9-7-20-8-10-27)16-24-18(26-25-16)28-15-4-2-1-3-12(15)23-19(28)30/h1-6,11,20H,7-10H2,(H,22,29)(H,23,30)(H,24,25,26). The summed E-state index contributed by atoms with van der Waals surface area (Å²) in [5.74, 6) is -0.376. The van der Waals surface area contributed by atoms with E-state index >= 15 is 0 Å². The van der Waals surface area contributed by atoms with E-state index in [0.29, 0.717) is 16.7 Å². The van der Waals surface area contributed by atoms with E-state index in [1.165, 1.54) is 4.57 Å². The summed E-state index contributed by atoms with van der Waals surface area (Å²) in [4.78, 5) is 38.4. The van der Waals surface area contributed by atoms with Crippen molar-refractivity contribution < 1.29 is 4.79 Å². The number of imidazole rings is 1. The summed E-state index contributed by atoms with van der Waals surface area (Å²) in [5, 5.41) is 12.8. The van der Waals surface area contributed by atoms with Crippen LogP contribution in [0.2, 0.25) is 0 Å². The minimum atomic E-state index is -0.467. The smallest absolute Gasteiger partial charge is 0.333 e. The number of aromatic amines is 2. The molecule has 0 aliphatic carbocycles. The van der Waals surface area contributed by atoms with Gasteiger partial charge in [-0.25, -0.2) is 9.36 Å². The van der Waals surface area contributed by atoms with Crippen molar-refractivity contribution in [2.75, 3.05) is 36.4 Å². The molecule has 1 amide bonds. The lowest BCUT2D eigenvalue weighted by Gasteiger charge is -2.30. The molecule has 4 heterocycles. The van der Waals surface area contributed by atoms with E-state index in [1.807, 2.05) is 18.2 Å². The maximum Gasteiger partial charge on any atom is 0.333 e. The molecule has 3 aromatic heterocycles. The van der Waals surface area contributed by atoms with Crippen LogP contribution in [0.3, 0.4) is 0 Å². The van der Waals surface area contributed by atoms with Crippen molar-refractivity contribution in [2.24, 2.45) is 0 Å². The fraction of sp³-hybridized carbons (Fsp3) is 0.211. The van der Waals surface area contributed by atoms with E-state index in [-0.39, 0.29) is 17.5 Å². The molecule has 1 aliphatic rings. The first kappa shape index (κ1) is 18.1. The fourth-order valence-corrected chi connectivity index (χ4v) is 3.55. The zero-order chi connectivity index (χ0) is 20.5. The summed E-state index contributed by atoms with van der Waals surface area (Å²) in [7, 11) is 0. The van der Waals surface area contributed by atoms with Crippen LogP contribution in [-0.4, -0.2) is 61.8 Å². The van der Waals surface area contributed by atoms with Crippen LogP contribution in [0.1, 0.15) is 10.6 Å². The first-order chi connectivity index (χ1) is 14.7. The quantitative estimate of drug-likeness (QED) is 0.388. The highest BCUT2D eigenvalue weighted by Gasteiger charge is 2.20. The second-order valence-corrected chi connectivity index (χ2v) is 6.85. The molecule has 4 N–H and O–H groups in total. The molecule has 0 spiro atoms. The molecular weight excluding hydrogens is 386 g/mol. The summed E-state index contributed by atoms with van der Waals surface area (Å²) in [5.41, 5.74) is 2.39. The minimum absolute atomic E-state index is 0.00250. The lowest BCUT2D eigenvalue weighted by molar-refractivity contribution is 0.101. The monoisotopic (exact) mass is 405 g/mol. The molecule has 0 radical (unpaired) electrons. The van der Waals surface area contributed by atoms with Crippen LogP contribution in [0.4, 0.5) is 11.4 Å². The number of para-hydroxylation sites is 2. The molecule has 152 valence electrons. The lowest BCUT2D eigenvalue weighted by atomic mass is 10.2. The number of fused-ring (bicyclic) bond motifs is 1. The van der Waals surface area contributed by atoms with Crippen LogP contribution in [0, 0.1) is 0 Å². The molecule has 5 rings (SSSR count). The lowest BCUT2D eigenvalue weighted by Crippen LogP contribution is -2.43. The number of piperazine rings is 1. The Morgan fingerprint density at radius 3 is 2.83 bits per heavy atom. The Bertz CT molecular complexity index is 1270. The number of hydrogen-bond acceptors (Lipinski definition) is 7.